The number of guanidine groups is 1. The highest BCUT2D eigenvalue weighted by molar-refractivity contribution is 14.0. The molecule has 1 atom stereocenters. The van der Waals surface area contributed by atoms with Crippen LogP contribution in [0.3, 0.4) is 0 Å². The van der Waals surface area contributed by atoms with Crippen LogP contribution >= 0.6 is 24.0 Å². The van der Waals surface area contributed by atoms with Gasteiger partial charge in [0, 0.05) is 37.7 Å². The van der Waals surface area contributed by atoms with Crippen LogP contribution in [0.4, 0.5) is 0 Å². The number of nitrogens with one attached hydrogen (secondary N) is 1. The van der Waals surface area contributed by atoms with Crippen molar-refractivity contribution in [1.82, 2.24) is 15.4 Å². The molecule has 0 radical (unpaired) electrons. The molecule has 2 aromatic rings. The van der Waals surface area contributed by atoms with Crippen molar-refractivity contribution in [1.29, 1.82) is 0 Å². The van der Waals surface area contributed by atoms with Gasteiger partial charge in [-0.1, -0.05) is 19.0 Å². The molecule has 166 valence electrons. The number of hydrogen-bond acceptors (Lipinski definition) is 5. The number of halogens is 1. The Kier molecular flexibility index (Phi) is 9.26. The van der Waals surface area contributed by atoms with Gasteiger partial charge in [-0.3, -0.25) is 0 Å². The Labute approximate surface area is 196 Å². The highest BCUT2D eigenvalue weighted by atomic mass is 127. The van der Waals surface area contributed by atoms with Gasteiger partial charge < -0.3 is 24.2 Å². The second-order valence-electron chi connectivity index (χ2n) is 7.62. The van der Waals surface area contributed by atoms with E-state index < -0.39 is 0 Å². The lowest BCUT2D eigenvalue weighted by molar-refractivity contribution is 0.375. The van der Waals surface area contributed by atoms with E-state index in [1.54, 1.807) is 14.2 Å². The molecule has 1 fully saturated rings. The second kappa shape index (κ2) is 11.4. The molecule has 3 rings (SSSR count). The predicted octanol–water partition coefficient (Wildman–Crippen LogP) is 4.39. The molecule has 1 aromatic carbocycles. The van der Waals surface area contributed by atoms with Crippen LogP contribution in [0.25, 0.3) is 0 Å². The maximum atomic E-state index is 5.43. The number of ether oxygens (including phenoxy) is 2. The zero-order chi connectivity index (χ0) is 20.8. The lowest BCUT2D eigenvalue weighted by Crippen LogP contribution is -2.40. The number of likely N-dealkylation sites (tertiary alicyclic amines) is 1. The Morgan fingerprint density at radius 2 is 1.93 bits per heavy atom. The van der Waals surface area contributed by atoms with Crippen LogP contribution in [-0.4, -0.2) is 49.9 Å². The Bertz CT molecular complexity index is 815. The third kappa shape index (κ3) is 6.02. The fourth-order valence-corrected chi connectivity index (χ4v) is 3.54. The first-order valence-electron chi connectivity index (χ1n) is 10.3. The maximum Gasteiger partial charge on any atom is 0.194 e. The van der Waals surface area contributed by atoms with Gasteiger partial charge in [0.1, 0.15) is 18.0 Å². The van der Waals surface area contributed by atoms with Crippen LogP contribution in [0, 0.1) is 0 Å². The standard InChI is InChI=1S/C22H32N4O3.HI/c1-6-23-22(24-13-20-12-21(15(2)3)25-29-20)26-8-7-16(14-26)17-9-18(27-4)11-19(10-17)28-5;/h9-12,15-16H,6-8,13-14H2,1-5H3,(H,23,24);1H. The van der Waals surface area contributed by atoms with Crippen molar-refractivity contribution >= 4 is 29.9 Å². The van der Waals surface area contributed by atoms with Crippen LogP contribution in [0.15, 0.2) is 33.8 Å². The molecule has 1 aliphatic rings. The molecule has 0 saturated carbocycles. The zero-order valence-electron chi connectivity index (χ0n) is 18.5. The van der Waals surface area contributed by atoms with Crippen LogP contribution in [0.2, 0.25) is 0 Å². The van der Waals surface area contributed by atoms with Crippen LogP contribution in [0.5, 0.6) is 11.5 Å². The van der Waals surface area contributed by atoms with E-state index in [2.05, 4.69) is 48.3 Å². The Morgan fingerprint density at radius 1 is 1.23 bits per heavy atom. The summed E-state index contributed by atoms with van der Waals surface area (Å²) in [5, 5.41) is 7.53. The minimum absolute atomic E-state index is 0. The van der Waals surface area contributed by atoms with Crippen molar-refractivity contribution in [2.75, 3.05) is 33.9 Å². The Hall–Kier alpha value is -1.97. The smallest absolute Gasteiger partial charge is 0.194 e. The molecule has 8 heteroatoms. The minimum Gasteiger partial charge on any atom is -0.497 e. The third-order valence-electron chi connectivity index (χ3n) is 5.22. The molecular weight excluding hydrogens is 495 g/mol. The molecule has 0 aliphatic carbocycles. The van der Waals surface area contributed by atoms with Gasteiger partial charge in [-0.05, 0) is 37.0 Å². The van der Waals surface area contributed by atoms with Crippen molar-refractivity contribution in [2.24, 2.45) is 4.99 Å². The van der Waals surface area contributed by atoms with E-state index in [-0.39, 0.29) is 24.0 Å². The summed E-state index contributed by atoms with van der Waals surface area (Å²) >= 11 is 0. The van der Waals surface area contributed by atoms with Gasteiger partial charge in [-0.2, -0.15) is 0 Å². The van der Waals surface area contributed by atoms with E-state index in [1.165, 1.54) is 5.56 Å². The lowest BCUT2D eigenvalue weighted by Gasteiger charge is -2.22. The van der Waals surface area contributed by atoms with Gasteiger partial charge in [-0.25, -0.2) is 4.99 Å². The van der Waals surface area contributed by atoms with Gasteiger partial charge in [0.2, 0.25) is 0 Å². The summed E-state index contributed by atoms with van der Waals surface area (Å²) in [6.45, 7) is 9.44. The average Bonchev–Trinajstić information content (AvgIpc) is 3.40. The first-order chi connectivity index (χ1) is 14.0. The number of hydrogen-bond donors (Lipinski definition) is 1. The summed E-state index contributed by atoms with van der Waals surface area (Å²) in [7, 11) is 3.37. The second-order valence-corrected chi connectivity index (χ2v) is 7.62. The van der Waals surface area contributed by atoms with E-state index >= 15 is 0 Å². The molecular formula is C22H33IN4O3. The molecule has 1 aliphatic heterocycles. The highest BCUT2D eigenvalue weighted by Crippen LogP contribution is 2.33. The van der Waals surface area contributed by atoms with Crippen molar-refractivity contribution in [3.05, 3.63) is 41.3 Å². The predicted molar refractivity (Wildman–Crippen MR) is 129 cm³/mol. The van der Waals surface area contributed by atoms with Crippen molar-refractivity contribution in [3.63, 3.8) is 0 Å². The molecule has 0 spiro atoms. The first-order valence-corrected chi connectivity index (χ1v) is 10.3. The summed E-state index contributed by atoms with van der Waals surface area (Å²) in [4.78, 5) is 7.09. The van der Waals surface area contributed by atoms with E-state index in [0.717, 1.165) is 55.0 Å². The van der Waals surface area contributed by atoms with E-state index in [0.29, 0.717) is 18.4 Å². The number of aromatic nitrogens is 1. The summed E-state index contributed by atoms with van der Waals surface area (Å²) in [5.41, 5.74) is 2.20. The van der Waals surface area contributed by atoms with E-state index in [4.69, 9.17) is 19.0 Å². The summed E-state index contributed by atoms with van der Waals surface area (Å²) in [6.07, 6.45) is 1.06. The largest absolute Gasteiger partial charge is 0.497 e. The molecule has 7 nitrogen and oxygen atoms in total. The minimum atomic E-state index is 0. The van der Waals surface area contributed by atoms with Gasteiger partial charge in [0.05, 0.1) is 19.9 Å². The quantitative estimate of drug-likeness (QED) is 0.327. The number of benzene rings is 1. The van der Waals surface area contributed by atoms with Crippen molar-refractivity contribution in [3.8, 4) is 11.5 Å². The van der Waals surface area contributed by atoms with Crippen LogP contribution in [-0.2, 0) is 6.54 Å². The summed E-state index contributed by atoms with van der Waals surface area (Å²) in [5.74, 6) is 4.10. The molecule has 1 N–H and O–H groups in total. The maximum absolute atomic E-state index is 5.43. The number of nitrogens with zero attached hydrogens (tertiary/aromatic N) is 3. The molecule has 0 amide bonds. The molecule has 1 saturated heterocycles. The van der Waals surface area contributed by atoms with E-state index in [9.17, 15) is 0 Å². The van der Waals surface area contributed by atoms with Crippen molar-refractivity contribution < 1.29 is 14.0 Å². The van der Waals surface area contributed by atoms with Crippen molar-refractivity contribution in [2.45, 2.75) is 45.6 Å². The molecule has 30 heavy (non-hydrogen) atoms. The molecule has 1 unspecified atom stereocenters. The highest BCUT2D eigenvalue weighted by Gasteiger charge is 2.27. The summed E-state index contributed by atoms with van der Waals surface area (Å²) in [6, 6.07) is 8.10. The Morgan fingerprint density at radius 3 is 2.50 bits per heavy atom. The van der Waals surface area contributed by atoms with Gasteiger partial charge in [0.15, 0.2) is 11.7 Å². The summed E-state index contributed by atoms with van der Waals surface area (Å²) < 4.78 is 16.3. The monoisotopic (exact) mass is 528 g/mol. The number of aliphatic imine (C=N–C) groups is 1. The molecule has 2 heterocycles. The van der Waals surface area contributed by atoms with Gasteiger partial charge >= 0.3 is 0 Å². The van der Waals surface area contributed by atoms with Crippen LogP contribution in [0.1, 0.15) is 56.0 Å². The zero-order valence-corrected chi connectivity index (χ0v) is 20.8. The van der Waals surface area contributed by atoms with E-state index in [1.807, 2.05) is 12.1 Å². The first kappa shape index (κ1) is 24.3. The molecule has 0 bridgehead atoms. The molecule has 1 aromatic heterocycles. The fraction of sp³-hybridized carbons (Fsp3) is 0.545. The SMILES string of the molecule is CCNC(=NCc1cc(C(C)C)no1)N1CCC(c2cc(OC)cc(OC)c2)C1.I. The average molecular weight is 528 g/mol. The lowest BCUT2D eigenvalue weighted by atomic mass is 9.98. The van der Waals surface area contributed by atoms with Gasteiger partial charge in [-0.15, -0.1) is 24.0 Å². The number of methoxy groups -OCH3 is 2. The topological polar surface area (TPSA) is 72.1 Å². The van der Waals surface area contributed by atoms with Gasteiger partial charge in [0.25, 0.3) is 0 Å². The fourth-order valence-electron chi connectivity index (χ4n) is 3.54. The normalized spacial score (nSPS) is 16.5. The number of rotatable bonds is 7. The Balaban J connectivity index is 0.00000320. The third-order valence-corrected chi connectivity index (χ3v) is 5.22. The van der Waals surface area contributed by atoms with Crippen LogP contribution < -0.4 is 14.8 Å².